The van der Waals surface area contributed by atoms with Crippen LogP contribution in [0.2, 0.25) is 0 Å². The third-order valence-electron chi connectivity index (χ3n) is 2.98. The van der Waals surface area contributed by atoms with E-state index < -0.39 is 11.8 Å². The average molecular weight is 240 g/mol. The van der Waals surface area contributed by atoms with Gasteiger partial charge in [-0.15, -0.1) is 0 Å². The topological polar surface area (TPSA) is 52.6 Å². The van der Waals surface area contributed by atoms with Crippen LogP contribution in [0.3, 0.4) is 0 Å². The first-order valence-electron chi connectivity index (χ1n) is 6.11. The number of allylic oxidation sites excluding steroid dienone is 2. The van der Waals surface area contributed by atoms with E-state index in [0.29, 0.717) is 19.6 Å². The van der Waals surface area contributed by atoms with E-state index >= 15 is 0 Å². The Balaban J connectivity index is 2.82. The van der Waals surface area contributed by atoms with Gasteiger partial charge < -0.3 is 9.47 Å². The summed E-state index contributed by atoms with van der Waals surface area (Å²) in [5.74, 6) is -1.42. The molecule has 0 N–H and O–H groups in total. The summed E-state index contributed by atoms with van der Waals surface area (Å²) < 4.78 is 10.0. The Morgan fingerprint density at radius 3 is 2.35 bits per heavy atom. The van der Waals surface area contributed by atoms with Gasteiger partial charge in [-0.25, -0.2) is 0 Å². The number of hydrogen-bond donors (Lipinski definition) is 0. The zero-order valence-electron chi connectivity index (χ0n) is 10.6. The first kappa shape index (κ1) is 13.7. The van der Waals surface area contributed by atoms with Crippen molar-refractivity contribution in [3.63, 3.8) is 0 Å². The molecule has 4 heteroatoms. The lowest BCUT2D eigenvalue weighted by Crippen LogP contribution is -2.37. The fourth-order valence-corrected chi connectivity index (χ4v) is 2.18. The monoisotopic (exact) mass is 240 g/mol. The van der Waals surface area contributed by atoms with Crippen molar-refractivity contribution in [3.8, 4) is 0 Å². The summed E-state index contributed by atoms with van der Waals surface area (Å²) in [4.78, 5) is 23.7. The maximum atomic E-state index is 11.9. The lowest BCUT2D eigenvalue weighted by molar-refractivity contribution is -0.162. The highest BCUT2D eigenvalue weighted by atomic mass is 16.5. The zero-order valence-corrected chi connectivity index (χ0v) is 10.6. The second-order valence-electron chi connectivity index (χ2n) is 4.16. The number of carbonyl (C=O) groups is 2. The van der Waals surface area contributed by atoms with Crippen molar-refractivity contribution < 1.29 is 19.1 Å². The summed E-state index contributed by atoms with van der Waals surface area (Å²) in [7, 11) is 0. The molecule has 1 aliphatic rings. The van der Waals surface area contributed by atoms with Gasteiger partial charge in [0.05, 0.1) is 25.0 Å². The van der Waals surface area contributed by atoms with Crippen LogP contribution in [0.4, 0.5) is 0 Å². The van der Waals surface area contributed by atoms with Crippen LogP contribution >= 0.6 is 0 Å². The van der Waals surface area contributed by atoms with Gasteiger partial charge in [0.2, 0.25) is 0 Å². The molecule has 0 fully saturated rings. The van der Waals surface area contributed by atoms with Gasteiger partial charge in [0.15, 0.2) is 0 Å². The average Bonchev–Trinajstić information content (AvgIpc) is 2.29. The minimum atomic E-state index is -0.418. The fraction of sp³-hybridized carbons (Fsp3) is 0.692. The molecule has 0 radical (unpaired) electrons. The Morgan fingerprint density at radius 2 is 1.76 bits per heavy atom. The highest BCUT2D eigenvalue weighted by molar-refractivity contribution is 5.83. The van der Waals surface area contributed by atoms with E-state index in [1.807, 2.05) is 19.1 Å². The second kappa shape index (κ2) is 6.42. The lowest BCUT2D eigenvalue weighted by Gasteiger charge is -2.29. The molecule has 4 nitrogen and oxygen atoms in total. The second-order valence-corrected chi connectivity index (χ2v) is 4.16. The molecule has 0 saturated carbocycles. The predicted octanol–water partition coefficient (Wildman–Crippen LogP) is 1.94. The van der Waals surface area contributed by atoms with Crippen molar-refractivity contribution in [3.05, 3.63) is 12.2 Å². The number of rotatable bonds is 4. The van der Waals surface area contributed by atoms with Crippen LogP contribution < -0.4 is 0 Å². The van der Waals surface area contributed by atoms with Crippen LogP contribution in [-0.4, -0.2) is 25.2 Å². The van der Waals surface area contributed by atoms with Crippen LogP contribution in [0, 0.1) is 17.8 Å². The van der Waals surface area contributed by atoms with Gasteiger partial charge in [-0.1, -0.05) is 19.1 Å². The summed E-state index contributed by atoms with van der Waals surface area (Å²) in [6, 6.07) is 0. The lowest BCUT2D eigenvalue weighted by atomic mass is 9.76. The van der Waals surface area contributed by atoms with Crippen molar-refractivity contribution >= 4 is 11.9 Å². The van der Waals surface area contributed by atoms with E-state index in [4.69, 9.17) is 9.47 Å². The Bertz CT molecular complexity index is 309. The smallest absolute Gasteiger partial charge is 0.310 e. The van der Waals surface area contributed by atoms with Gasteiger partial charge in [0.1, 0.15) is 0 Å². The SMILES string of the molecule is CCOC(=O)C1CC=CC(C)C1C(=O)OCC. The molecule has 1 rings (SSSR count). The van der Waals surface area contributed by atoms with Gasteiger partial charge in [-0.2, -0.15) is 0 Å². The summed E-state index contributed by atoms with van der Waals surface area (Å²) >= 11 is 0. The molecular formula is C13H20O4. The van der Waals surface area contributed by atoms with Crippen molar-refractivity contribution in [1.29, 1.82) is 0 Å². The quantitative estimate of drug-likeness (QED) is 0.556. The first-order valence-corrected chi connectivity index (χ1v) is 6.11. The maximum absolute atomic E-state index is 11.9. The van der Waals surface area contributed by atoms with Crippen LogP contribution in [0.25, 0.3) is 0 Å². The highest BCUT2D eigenvalue weighted by Crippen LogP contribution is 2.32. The van der Waals surface area contributed by atoms with Gasteiger partial charge in [-0.05, 0) is 26.2 Å². The maximum Gasteiger partial charge on any atom is 0.310 e. The van der Waals surface area contributed by atoms with Crippen LogP contribution in [0.5, 0.6) is 0 Å². The third kappa shape index (κ3) is 3.32. The van der Waals surface area contributed by atoms with E-state index in [9.17, 15) is 9.59 Å². The zero-order chi connectivity index (χ0) is 12.8. The molecule has 0 bridgehead atoms. The Hall–Kier alpha value is -1.32. The Morgan fingerprint density at radius 1 is 1.18 bits per heavy atom. The molecule has 96 valence electrons. The molecule has 0 amide bonds. The van der Waals surface area contributed by atoms with Gasteiger partial charge in [-0.3, -0.25) is 9.59 Å². The van der Waals surface area contributed by atoms with Crippen molar-refractivity contribution in [2.75, 3.05) is 13.2 Å². The molecule has 17 heavy (non-hydrogen) atoms. The van der Waals surface area contributed by atoms with E-state index in [0.717, 1.165) is 0 Å². The Labute approximate surface area is 102 Å². The van der Waals surface area contributed by atoms with Crippen LogP contribution in [-0.2, 0) is 19.1 Å². The van der Waals surface area contributed by atoms with E-state index in [2.05, 4.69) is 0 Å². The standard InChI is InChI=1S/C13H20O4/c1-4-16-12(14)10-8-6-7-9(3)11(10)13(15)17-5-2/h6-7,9-11H,4-5,8H2,1-3H3. The van der Waals surface area contributed by atoms with E-state index in [1.165, 1.54) is 0 Å². The molecule has 0 aromatic heterocycles. The number of ether oxygens (including phenoxy) is 2. The van der Waals surface area contributed by atoms with Gasteiger partial charge in [0.25, 0.3) is 0 Å². The minimum absolute atomic E-state index is 0.0113. The normalized spacial score (nSPS) is 27.6. The van der Waals surface area contributed by atoms with Crippen LogP contribution in [0.15, 0.2) is 12.2 Å². The third-order valence-corrected chi connectivity index (χ3v) is 2.98. The fourth-order valence-electron chi connectivity index (χ4n) is 2.18. The number of hydrogen-bond acceptors (Lipinski definition) is 4. The summed E-state index contributed by atoms with van der Waals surface area (Å²) in [5, 5.41) is 0. The van der Waals surface area contributed by atoms with Crippen molar-refractivity contribution in [1.82, 2.24) is 0 Å². The van der Waals surface area contributed by atoms with Crippen LogP contribution in [0.1, 0.15) is 27.2 Å². The number of esters is 2. The molecule has 3 atom stereocenters. The van der Waals surface area contributed by atoms with E-state index in [-0.39, 0.29) is 17.9 Å². The molecule has 0 aliphatic heterocycles. The predicted molar refractivity (Wildman–Crippen MR) is 63.2 cm³/mol. The molecule has 0 aromatic carbocycles. The molecule has 1 aliphatic carbocycles. The van der Waals surface area contributed by atoms with Gasteiger partial charge in [0, 0.05) is 0 Å². The highest BCUT2D eigenvalue weighted by Gasteiger charge is 2.39. The molecule has 0 heterocycles. The largest absolute Gasteiger partial charge is 0.466 e. The molecule has 0 aromatic rings. The summed E-state index contributed by atoms with van der Waals surface area (Å²) in [6.07, 6.45) is 4.44. The molecule has 3 unspecified atom stereocenters. The summed E-state index contributed by atoms with van der Waals surface area (Å²) in [5.41, 5.74) is 0. The van der Waals surface area contributed by atoms with E-state index in [1.54, 1.807) is 13.8 Å². The molecule has 0 saturated heterocycles. The van der Waals surface area contributed by atoms with Crippen molar-refractivity contribution in [2.24, 2.45) is 17.8 Å². The minimum Gasteiger partial charge on any atom is -0.466 e. The first-order chi connectivity index (χ1) is 8.11. The van der Waals surface area contributed by atoms with Gasteiger partial charge >= 0.3 is 11.9 Å². The number of carbonyl (C=O) groups excluding carboxylic acids is 2. The molecule has 0 spiro atoms. The van der Waals surface area contributed by atoms with Crippen molar-refractivity contribution in [2.45, 2.75) is 27.2 Å². The summed E-state index contributed by atoms with van der Waals surface area (Å²) in [6.45, 7) is 6.12. The Kier molecular flexibility index (Phi) is 5.19. The molecular weight excluding hydrogens is 220 g/mol.